The second-order valence-electron chi connectivity index (χ2n) is 6.29. The van der Waals surface area contributed by atoms with Gasteiger partial charge in [0.15, 0.2) is 0 Å². The normalized spacial score (nSPS) is 11.3. The zero-order valence-electron chi connectivity index (χ0n) is 13.6. The van der Waals surface area contributed by atoms with Crippen LogP contribution >= 0.6 is 0 Å². The molecule has 112 valence electrons. The van der Waals surface area contributed by atoms with Crippen LogP contribution in [0.3, 0.4) is 0 Å². The van der Waals surface area contributed by atoms with Crippen LogP contribution in [-0.4, -0.2) is 17.0 Å². The highest BCUT2D eigenvalue weighted by Gasteiger charge is 2.19. The highest BCUT2D eigenvalue weighted by atomic mass is 16.5. The van der Waals surface area contributed by atoms with Crippen molar-refractivity contribution in [3.8, 4) is 11.6 Å². The first-order chi connectivity index (χ1) is 9.79. The molecule has 0 fully saturated rings. The van der Waals surface area contributed by atoms with E-state index in [2.05, 4.69) is 48.2 Å². The molecule has 0 bridgehead atoms. The van der Waals surface area contributed by atoms with E-state index in [4.69, 9.17) is 4.74 Å². The molecule has 2 aromatic rings. The number of benzene rings is 1. The minimum atomic E-state index is -0.132. The number of rotatable bonds is 3. The molecule has 1 N–H and O–H groups in total. The van der Waals surface area contributed by atoms with Crippen molar-refractivity contribution in [2.24, 2.45) is 0 Å². The SMILES string of the molecule is CNc1cc(Oc2cc(C)ccc2C)nc(C(C)(C)C)n1. The van der Waals surface area contributed by atoms with Gasteiger partial charge in [-0.1, -0.05) is 32.9 Å². The number of nitrogens with one attached hydrogen (secondary N) is 1. The zero-order chi connectivity index (χ0) is 15.6. The minimum Gasteiger partial charge on any atom is -0.439 e. The molecule has 0 spiro atoms. The van der Waals surface area contributed by atoms with Gasteiger partial charge in [-0.05, 0) is 31.0 Å². The summed E-state index contributed by atoms with van der Waals surface area (Å²) in [7, 11) is 1.84. The van der Waals surface area contributed by atoms with Crippen LogP contribution in [0.2, 0.25) is 0 Å². The molecule has 0 aliphatic heterocycles. The van der Waals surface area contributed by atoms with Crippen LogP contribution in [0.25, 0.3) is 0 Å². The first-order valence-corrected chi connectivity index (χ1v) is 7.12. The third kappa shape index (κ3) is 3.72. The number of hydrogen-bond acceptors (Lipinski definition) is 4. The number of aromatic nitrogens is 2. The maximum atomic E-state index is 5.98. The Morgan fingerprint density at radius 1 is 1.05 bits per heavy atom. The number of aryl methyl sites for hydroxylation is 2. The third-order valence-corrected chi connectivity index (χ3v) is 3.19. The Hall–Kier alpha value is -2.10. The van der Waals surface area contributed by atoms with Gasteiger partial charge in [-0.3, -0.25) is 0 Å². The van der Waals surface area contributed by atoms with Crippen LogP contribution in [0.15, 0.2) is 24.3 Å². The van der Waals surface area contributed by atoms with E-state index < -0.39 is 0 Å². The van der Waals surface area contributed by atoms with Crippen molar-refractivity contribution in [1.82, 2.24) is 9.97 Å². The Balaban J connectivity index is 2.42. The Kier molecular flexibility index (Phi) is 4.16. The summed E-state index contributed by atoms with van der Waals surface area (Å²) in [5, 5.41) is 3.06. The molecule has 0 unspecified atom stereocenters. The molecule has 21 heavy (non-hydrogen) atoms. The van der Waals surface area contributed by atoms with Crippen molar-refractivity contribution in [1.29, 1.82) is 0 Å². The van der Waals surface area contributed by atoms with Crippen molar-refractivity contribution in [3.63, 3.8) is 0 Å². The van der Waals surface area contributed by atoms with Gasteiger partial charge in [0.25, 0.3) is 0 Å². The fourth-order valence-corrected chi connectivity index (χ4v) is 1.87. The lowest BCUT2D eigenvalue weighted by molar-refractivity contribution is 0.443. The van der Waals surface area contributed by atoms with E-state index in [1.165, 1.54) is 0 Å². The Bertz CT molecular complexity index is 645. The van der Waals surface area contributed by atoms with Crippen molar-refractivity contribution >= 4 is 5.82 Å². The number of hydrogen-bond donors (Lipinski definition) is 1. The predicted molar refractivity (Wildman–Crippen MR) is 86.3 cm³/mol. The van der Waals surface area contributed by atoms with E-state index in [1.54, 1.807) is 0 Å². The van der Waals surface area contributed by atoms with Crippen LogP contribution in [0.5, 0.6) is 11.6 Å². The lowest BCUT2D eigenvalue weighted by Crippen LogP contribution is -2.17. The molecule has 0 amide bonds. The Labute approximate surface area is 126 Å². The smallest absolute Gasteiger partial charge is 0.224 e. The van der Waals surface area contributed by atoms with Gasteiger partial charge in [0.05, 0.1) is 0 Å². The van der Waals surface area contributed by atoms with Crippen LogP contribution < -0.4 is 10.1 Å². The average Bonchev–Trinajstić information content (AvgIpc) is 2.41. The number of nitrogens with zero attached hydrogens (tertiary/aromatic N) is 2. The monoisotopic (exact) mass is 285 g/mol. The molecule has 4 heteroatoms. The molecule has 0 saturated carbocycles. The van der Waals surface area contributed by atoms with Gasteiger partial charge >= 0.3 is 0 Å². The minimum absolute atomic E-state index is 0.132. The second kappa shape index (κ2) is 5.72. The molecule has 0 atom stereocenters. The van der Waals surface area contributed by atoms with E-state index in [-0.39, 0.29) is 5.41 Å². The summed E-state index contributed by atoms with van der Waals surface area (Å²) in [6, 6.07) is 7.96. The van der Waals surface area contributed by atoms with Crippen LogP contribution in [0.4, 0.5) is 5.82 Å². The maximum Gasteiger partial charge on any atom is 0.224 e. The summed E-state index contributed by atoms with van der Waals surface area (Å²) in [6.45, 7) is 10.3. The highest BCUT2D eigenvalue weighted by Crippen LogP contribution is 2.28. The molecule has 0 aliphatic carbocycles. The molecule has 1 aromatic carbocycles. The summed E-state index contributed by atoms with van der Waals surface area (Å²) in [4.78, 5) is 9.05. The van der Waals surface area contributed by atoms with Gasteiger partial charge in [0.2, 0.25) is 5.88 Å². The average molecular weight is 285 g/mol. The van der Waals surface area contributed by atoms with Gasteiger partial charge in [-0.15, -0.1) is 0 Å². The summed E-state index contributed by atoms with van der Waals surface area (Å²) in [5.41, 5.74) is 2.11. The largest absolute Gasteiger partial charge is 0.439 e. The summed E-state index contributed by atoms with van der Waals surface area (Å²) >= 11 is 0. The predicted octanol–water partition coefficient (Wildman–Crippen LogP) is 4.22. The number of ether oxygens (including phenoxy) is 1. The van der Waals surface area contributed by atoms with Crippen molar-refractivity contribution in [2.45, 2.75) is 40.0 Å². The summed E-state index contributed by atoms with van der Waals surface area (Å²) in [6.07, 6.45) is 0. The topological polar surface area (TPSA) is 47.0 Å². The highest BCUT2D eigenvalue weighted by molar-refractivity contribution is 5.42. The Morgan fingerprint density at radius 3 is 2.38 bits per heavy atom. The zero-order valence-corrected chi connectivity index (χ0v) is 13.6. The summed E-state index contributed by atoms with van der Waals surface area (Å²) < 4.78 is 5.98. The van der Waals surface area contributed by atoms with Gasteiger partial charge in [0.1, 0.15) is 17.4 Å². The molecular weight excluding hydrogens is 262 g/mol. The van der Waals surface area contributed by atoms with E-state index in [1.807, 2.05) is 33.0 Å². The van der Waals surface area contributed by atoms with Gasteiger partial charge < -0.3 is 10.1 Å². The molecule has 1 aromatic heterocycles. The van der Waals surface area contributed by atoms with Crippen molar-refractivity contribution < 1.29 is 4.74 Å². The molecule has 1 heterocycles. The Morgan fingerprint density at radius 2 is 1.76 bits per heavy atom. The second-order valence-corrected chi connectivity index (χ2v) is 6.29. The van der Waals surface area contributed by atoms with Gasteiger partial charge in [-0.2, -0.15) is 4.98 Å². The standard InChI is InChI=1S/C17H23N3O/c1-11-7-8-12(2)13(9-11)21-15-10-14(18-6)19-16(20-15)17(3,4)5/h7-10H,1-6H3,(H,18,19,20). The lowest BCUT2D eigenvalue weighted by Gasteiger charge is -2.18. The molecule has 2 rings (SSSR count). The lowest BCUT2D eigenvalue weighted by atomic mass is 9.96. The fraction of sp³-hybridized carbons (Fsp3) is 0.412. The number of anilines is 1. The third-order valence-electron chi connectivity index (χ3n) is 3.19. The van der Waals surface area contributed by atoms with E-state index in [0.717, 1.165) is 28.5 Å². The van der Waals surface area contributed by atoms with Crippen molar-refractivity contribution in [3.05, 3.63) is 41.2 Å². The van der Waals surface area contributed by atoms with E-state index in [0.29, 0.717) is 5.88 Å². The van der Waals surface area contributed by atoms with Crippen LogP contribution in [0.1, 0.15) is 37.7 Å². The van der Waals surface area contributed by atoms with Crippen LogP contribution in [0, 0.1) is 13.8 Å². The fourth-order valence-electron chi connectivity index (χ4n) is 1.87. The first-order valence-electron chi connectivity index (χ1n) is 7.12. The van der Waals surface area contributed by atoms with Gasteiger partial charge in [0, 0.05) is 18.5 Å². The molecule has 0 saturated heterocycles. The quantitative estimate of drug-likeness (QED) is 0.917. The molecular formula is C17H23N3O. The summed E-state index contributed by atoms with van der Waals surface area (Å²) in [5.74, 6) is 2.91. The van der Waals surface area contributed by atoms with Crippen molar-refractivity contribution in [2.75, 3.05) is 12.4 Å². The van der Waals surface area contributed by atoms with E-state index >= 15 is 0 Å². The molecule has 0 radical (unpaired) electrons. The molecule has 0 aliphatic rings. The first kappa shape index (κ1) is 15.3. The van der Waals surface area contributed by atoms with E-state index in [9.17, 15) is 0 Å². The maximum absolute atomic E-state index is 5.98. The molecule has 4 nitrogen and oxygen atoms in total. The van der Waals surface area contributed by atoms with Gasteiger partial charge in [-0.25, -0.2) is 4.98 Å². The van der Waals surface area contributed by atoms with Crippen LogP contribution in [-0.2, 0) is 5.41 Å².